The molecule has 2 aliphatic carbocycles. The zero-order valence-corrected chi connectivity index (χ0v) is 24.2. The molecule has 6 rings (SSSR count). The molecule has 2 fully saturated rings. The molecule has 0 aliphatic heterocycles. The largest absolute Gasteiger partial charge is 0.491 e. The van der Waals surface area contributed by atoms with Crippen LogP contribution in [0.1, 0.15) is 89.5 Å². The van der Waals surface area contributed by atoms with Gasteiger partial charge in [0.1, 0.15) is 11.2 Å². The van der Waals surface area contributed by atoms with E-state index in [0.717, 1.165) is 43.6 Å². The molecular weight excluding hydrogens is 547 g/mol. The van der Waals surface area contributed by atoms with Gasteiger partial charge in [0.05, 0.1) is 17.4 Å². The van der Waals surface area contributed by atoms with Gasteiger partial charge < -0.3 is 9.15 Å². The lowest BCUT2D eigenvalue weighted by atomic mass is 9.68. The molecule has 0 N–H and O–H groups in total. The van der Waals surface area contributed by atoms with Crippen molar-refractivity contribution in [2.24, 2.45) is 17.8 Å². The van der Waals surface area contributed by atoms with Crippen molar-refractivity contribution in [2.45, 2.75) is 84.0 Å². The predicted octanol–water partition coefficient (Wildman–Crippen LogP) is 11.2. The molecule has 224 valence electrons. The van der Waals surface area contributed by atoms with Crippen molar-refractivity contribution in [1.29, 1.82) is 0 Å². The quantitative estimate of drug-likeness (QED) is 0.202. The Bertz CT molecular complexity index is 1590. The first-order valence-corrected chi connectivity index (χ1v) is 15.4. The molecule has 0 bridgehead atoms. The third-order valence-electron chi connectivity index (χ3n) is 9.85. The zero-order valence-electron chi connectivity index (χ0n) is 24.2. The van der Waals surface area contributed by atoms with Crippen LogP contribution in [0.5, 0.6) is 5.75 Å². The molecule has 0 amide bonds. The number of fused-ring (bicyclic) bond motifs is 3. The fraction of sp³-hybridized carbons (Fsp3) is 0.486. The van der Waals surface area contributed by atoms with Gasteiger partial charge in [0.25, 0.3) is 0 Å². The van der Waals surface area contributed by atoms with Crippen molar-refractivity contribution >= 4 is 21.9 Å². The second kappa shape index (κ2) is 11.9. The third-order valence-corrected chi connectivity index (χ3v) is 9.85. The van der Waals surface area contributed by atoms with Gasteiger partial charge in [-0.15, -0.1) is 0 Å². The fourth-order valence-corrected chi connectivity index (χ4v) is 7.68. The molecule has 0 atom stereocenters. The van der Waals surface area contributed by atoms with Gasteiger partial charge in [-0.3, -0.25) is 0 Å². The summed E-state index contributed by atoms with van der Waals surface area (Å²) in [6, 6.07) is 6.46. The minimum atomic E-state index is -1.37. The SMILES string of the molecule is CCCC1CCC(C2CCC(c3cc4oc5cc(-c6ccc(OCC)c(F)c6)c(F)c(F)c5c4c(F)c3F)CC2)CC1. The number of hydrogen-bond acceptors (Lipinski definition) is 2. The average molecular weight is 585 g/mol. The number of halogens is 5. The Morgan fingerprint density at radius 3 is 1.95 bits per heavy atom. The van der Waals surface area contributed by atoms with Crippen molar-refractivity contribution in [3.63, 3.8) is 0 Å². The molecule has 42 heavy (non-hydrogen) atoms. The van der Waals surface area contributed by atoms with Gasteiger partial charge in [0.15, 0.2) is 34.8 Å². The highest BCUT2D eigenvalue weighted by Gasteiger charge is 2.33. The molecule has 0 unspecified atom stereocenters. The van der Waals surface area contributed by atoms with Crippen molar-refractivity contribution in [1.82, 2.24) is 0 Å². The topological polar surface area (TPSA) is 22.4 Å². The normalized spacial score (nSPS) is 23.1. The first-order chi connectivity index (χ1) is 20.3. The van der Waals surface area contributed by atoms with Crippen LogP contribution < -0.4 is 4.74 Å². The Morgan fingerprint density at radius 1 is 0.714 bits per heavy atom. The van der Waals surface area contributed by atoms with E-state index in [1.54, 1.807) is 6.92 Å². The van der Waals surface area contributed by atoms with Crippen LogP contribution in [0.2, 0.25) is 0 Å². The molecule has 2 saturated carbocycles. The van der Waals surface area contributed by atoms with E-state index in [1.165, 1.54) is 62.8 Å². The van der Waals surface area contributed by atoms with Crippen LogP contribution in [0.25, 0.3) is 33.1 Å². The van der Waals surface area contributed by atoms with Crippen LogP contribution >= 0.6 is 0 Å². The Labute approximate surface area is 243 Å². The maximum Gasteiger partial charge on any atom is 0.171 e. The van der Waals surface area contributed by atoms with E-state index in [2.05, 4.69) is 6.92 Å². The Kier molecular flexibility index (Phi) is 8.21. The summed E-state index contributed by atoms with van der Waals surface area (Å²) in [5, 5.41) is -0.868. The summed E-state index contributed by atoms with van der Waals surface area (Å²) < 4.78 is 87.3. The molecule has 7 heteroatoms. The summed E-state index contributed by atoms with van der Waals surface area (Å²) >= 11 is 0. The highest BCUT2D eigenvalue weighted by atomic mass is 19.2. The monoisotopic (exact) mass is 584 g/mol. The minimum absolute atomic E-state index is 0.00888. The number of ether oxygens (including phenoxy) is 1. The molecule has 1 heterocycles. The fourth-order valence-electron chi connectivity index (χ4n) is 7.68. The average Bonchev–Trinajstić information content (AvgIpc) is 3.37. The van der Waals surface area contributed by atoms with Crippen molar-refractivity contribution in [2.75, 3.05) is 6.61 Å². The Hall–Kier alpha value is -3.09. The highest BCUT2D eigenvalue weighted by Crippen LogP contribution is 2.47. The highest BCUT2D eigenvalue weighted by molar-refractivity contribution is 6.07. The number of benzene rings is 3. The van der Waals surface area contributed by atoms with Crippen molar-refractivity contribution < 1.29 is 31.1 Å². The molecule has 2 nitrogen and oxygen atoms in total. The molecule has 2 aliphatic rings. The van der Waals surface area contributed by atoms with Gasteiger partial charge in [-0.25, -0.2) is 22.0 Å². The van der Waals surface area contributed by atoms with Gasteiger partial charge in [-0.2, -0.15) is 0 Å². The van der Waals surface area contributed by atoms with Gasteiger partial charge in [-0.1, -0.05) is 38.7 Å². The molecular formula is C35H37F5O2. The maximum absolute atomic E-state index is 15.6. The summed E-state index contributed by atoms with van der Waals surface area (Å²) in [6.07, 6.45) is 11.2. The predicted molar refractivity (Wildman–Crippen MR) is 155 cm³/mol. The Morgan fingerprint density at radius 2 is 1.33 bits per heavy atom. The van der Waals surface area contributed by atoms with Gasteiger partial charge in [-0.05, 0) is 105 Å². The van der Waals surface area contributed by atoms with Crippen LogP contribution in [0.15, 0.2) is 34.7 Å². The maximum atomic E-state index is 15.6. The van der Waals surface area contributed by atoms with E-state index in [0.29, 0.717) is 5.92 Å². The van der Waals surface area contributed by atoms with Gasteiger partial charge in [0.2, 0.25) is 0 Å². The standard InChI is InChI=1S/C35H37F5O2/c1-3-5-19-6-8-20(9-7-19)21-10-12-22(13-11-21)24-17-28-30(34(39)32(24)37)31-29(42-28)18-25(33(38)35(31)40)23-14-15-27(41-4-2)26(36)16-23/h14-22H,3-13H2,1-2H3. The molecule has 4 aromatic rings. The Balaban J connectivity index is 1.28. The van der Waals surface area contributed by atoms with Crippen LogP contribution in [0.4, 0.5) is 22.0 Å². The number of furan rings is 1. The summed E-state index contributed by atoms with van der Waals surface area (Å²) in [4.78, 5) is 0. The molecule has 3 aromatic carbocycles. The molecule has 0 radical (unpaired) electrons. The molecule has 0 spiro atoms. The second-order valence-electron chi connectivity index (χ2n) is 12.3. The minimum Gasteiger partial charge on any atom is -0.491 e. The zero-order chi connectivity index (χ0) is 29.5. The van der Waals surface area contributed by atoms with E-state index >= 15 is 17.6 Å². The van der Waals surface area contributed by atoms with E-state index in [-0.39, 0.29) is 46.1 Å². The number of rotatable bonds is 7. The van der Waals surface area contributed by atoms with Gasteiger partial charge in [0, 0.05) is 5.56 Å². The first-order valence-electron chi connectivity index (χ1n) is 15.4. The van der Waals surface area contributed by atoms with Crippen LogP contribution in [0, 0.1) is 46.8 Å². The first kappa shape index (κ1) is 29.0. The lowest BCUT2D eigenvalue weighted by Crippen LogP contribution is -2.25. The van der Waals surface area contributed by atoms with Crippen LogP contribution in [0.3, 0.4) is 0 Å². The summed E-state index contributed by atoms with van der Waals surface area (Å²) in [6.45, 7) is 4.20. The summed E-state index contributed by atoms with van der Waals surface area (Å²) in [5.74, 6) is -3.61. The lowest BCUT2D eigenvalue weighted by molar-refractivity contribution is 0.156. The van der Waals surface area contributed by atoms with Crippen molar-refractivity contribution in [3.05, 3.63) is 65.0 Å². The van der Waals surface area contributed by atoms with E-state index in [4.69, 9.17) is 9.15 Å². The van der Waals surface area contributed by atoms with Crippen molar-refractivity contribution in [3.8, 4) is 16.9 Å². The molecule has 0 saturated heterocycles. The third kappa shape index (κ3) is 5.17. The number of hydrogen-bond donors (Lipinski definition) is 0. The van der Waals surface area contributed by atoms with E-state index in [9.17, 15) is 4.39 Å². The van der Waals surface area contributed by atoms with Gasteiger partial charge >= 0.3 is 0 Å². The van der Waals surface area contributed by atoms with E-state index < -0.39 is 39.9 Å². The van der Waals surface area contributed by atoms with Crippen LogP contribution in [-0.2, 0) is 0 Å². The summed E-state index contributed by atoms with van der Waals surface area (Å²) in [5.41, 5.74) is -0.102. The van der Waals surface area contributed by atoms with Crippen LogP contribution in [-0.4, -0.2) is 6.61 Å². The molecule has 1 aromatic heterocycles. The smallest absolute Gasteiger partial charge is 0.171 e. The second-order valence-corrected chi connectivity index (χ2v) is 12.3. The van der Waals surface area contributed by atoms with E-state index in [1.807, 2.05) is 0 Å². The lowest BCUT2D eigenvalue weighted by Gasteiger charge is -2.38. The summed E-state index contributed by atoms with van der Waals surface area (Å²) in [7, 11) is 0.